The zero-order chi connectivity index (χ0) is 10.2. The fourth-order valence-electron chi connectivity index (χ4n) is 1.09. The minimum atomic E-state index is -2.71. The van der Waals surface area contributed by atoms with E-state index in [1.165, 1.54) is 0 Å². The Morgan fingerprint density at radius 2 is 1.31 bits per heavy atom. The van der Waals surface area contributed by atoms with Crippen LogP contribution in [0.2, 0.25) is 8.87 Å². The van der Waals surface area contributed by atoms with E-state index in [0.29, 0.717) is 0 Å². The van der Waals surface area contributed by atoms with Gasteiger partial charge in [-0.15, -0.1) is 0 Å². The Balaban J connectivity index is 4.29. The van der Waals surface area contributed by atoms with Gasteiger partial charge >= 0.3 is 86.6 Å². The van der Waals surface area contributed by atoms with Crippen molar-refractivity contribution in [1.29, 1.82) is 0 Å². The van der Waals surface area contributed by atoms with Gasteiger partial charge in [0.1, 0.15) is 0 Å². The van der Waals surface area contributed by atoms with Crippen molar-refractivity contribution in [2.24, 2.45) is 0 Å². The molecule has 0 rings (SSSR count). The van der Waals surface area contributed by atoms with E-state index >= 15 is 0 Å². The first-order chi connectivity index (χ1) is 6.24. The summed E-state index contributed by atoms with van der Waals surface area (Å²) in [6.07, 6.45) is 8.40. The van der Waals surface area contributed by atoms with Gasteiger partial charge in [-0.2, -0.15) is 0 Å². The molecule has 0 aromatic heterocycles. The van der Waals surface area contributed by atoms with Crippen molar-refractivity contribution >= 4 is 19.2 Å². The first-order valence-electron chi connectivity index (χ1n) is 4.57. The van der Waals surface area contributed by atoms with Crippen LogP contribution < -0.4 is 0 Å². The van der Waals surface area contributed by atoms with Crippen molar-refractivity contribution in [1.82, 2.24) is 0 Å². The Labute approximate surface area is 86.6 Å². The molecule has 0 aromatic rings. The van der Waals surface area contributed by atoms with E-state index in [9.17, 15) is 0 Å². The van der Waals surface area contributed by atoms with E-state index in [1.807, 2.05) is 13.8 Å². The molecule has 76 valence electrons. The maximum atomic E-state index is 5.58. The van der Waals surface area contributed by atoms with Crippen LogP contribution in [0.1, 0.15) is 13.8 Å². The molecule has 2 nitrogen and oxygen atoms in total. The summed E-state index contributed by atoms with van der Waals surface area (Å²) >= 11 is -2.71. The number of hydrogen-bond acceptors (Lipinski definition) is 2. The second kappa shape index (κ2) is 7.59. The van der Waals surface area contributed by atoms with E-state index in [4.69, 9.17) is 6.15 Å². The third-order valence-corrected chi connectivity index (χ3v) is 11.2. The molecule has 0 N–H and O–H groups in total. The third-order valence-electron chi connectivity index (χ3n) is 2.07. The summed E-state index contributed by atoms with van der Waals surface area (Å²) in [5.74, 6) is 0. The molecule has 0 aliphatic carbocycles. The quantitative estimate of drug-likeness (QED) is 0.553. The van der Waals surface area contributed by atoms with Gasteiger partial charge in [0.2, 0.25) is 0 Å². The monoisotopic (exact) mass is 292 g/mol. The molecule has 0 heterocycles. The van der Waals surface area contributed by atoms with Crippen LogP contribution in [0.4, 0.5) is 0 Å². The molecule has 0 aromatic carbocycles. The Bertz CT molecular complexity index is 156. The summed E-state index contributed by atoms with van der Waals surface area (Å²) in [5.41, 5.74) is 0. The van der Waals surface area contributed by atoms with Crippen LogP contribution in [0.25, 0.3) is 0 Å². The molecule has 0 radical (unpaired) electrons. The first kappa shape index (κ1) is 13.2. The molecule has 0 unspecified atom stereocenters. The van der Waals surface area contributed by atoms with Crippen molar-refractivity contribution < 1.29 is 6.15 Å². The van der Waals surface area contributed by atoms with E-state index in [2.05, 4.69) is 24.3 Å². The van der Waals surface area contributed by atoms with Crippen molar-refractivity contribution in [2.45, 2.75) is 22.7 Å². The van der Waals surface area contributed by atoms with Gasteiger partial charge < -0.3 is 0 Å². The molecule has 3 heteroatoms. The maximum absolute atomic E-state index is 5.58. The second-order valence-electron chi connectivity index (χ2n) is 2.87. The zero-order valence-corrected chi connectivity index (χ0v) is 11.9. The average Bonchev–Trinajstić information content (AvgIpc) is 2.20. The molecule has 0 saturated heterocycles. The van der Waals surface area contributed by atoms with Crippen molar-refractivity contribution in [3.05, 3.63) is 24.3 Å². The van der Waals surface area contributed by atoms with Gasteiger partial charge in [-0.3, -0.25) is 0 Å². The zero-order valence-electron chi connectivity index (χ0n) is 9.04. The minimum absolute atomic E-state index is 0.989. The summed E-state index contributed by atoms with van der Waals surface area (Å²) in [7, 11) is 3.54. The molecular weight excluding hydrogens is 271 g/mol. The van der Waals surface area contributed by atoms with E-state index in [0.717, 1.165) is 8.87 Å². The average molecular weight is 291 g/mol. The molecule has 0 bridgehead atoms. The standard InChI is InChI=1S/2C4H7.2CH3O.Sn/c2*1-3-4-2;2*1-2;/h2*3-4H,1H2,2H3;2*1H3;/q;;2*-1;+2. The van der Waals surface area contributed by atoms with Gasteiger partial charge in [0.15, 0.2) is 0 Å². The van der Waals surface area contributed by atoms with Crippen molar-refractivity contribution in [3.8, 4) is 0 Å². The normalized spacial score (nSPS) is 13.2. The van der Waals surface area contributed by atoms with Crippen LogP contribution in [-0.4, -0.2) is 33.4 Å². The summed E-state index contributed by atoms with van der Waals surface area (Å²) in [5, 5.41) is 0. The molecule has 0 saturated carbocycles. The molecule has 0 amide bonds. The van der Waals surface area contributed by atoms with Crippen LogP contribution in [-0.2, 0) is 6.15 Å². The van der Waals surface area contributed by atoms with Gasteiger partial charge in [0.25, 0.3) is 0 Å². The molecule has 0 aliphatic heterocycles. The third kappa shape index (κ3) is 4.84. The van der Waals surface area contributed by atoms with E-state index in [1.54, 1.807) is 14.2 Å². The van der Waals surface area contributed by atoms with Gasteiger partial charge in [-0.25, -0.2) is 0 Å². The predicted molar refractivity (Wildman–Crippen MR) is 59.0 cm³/mol. The van der Waals surface area contributed by atoms with Gasteiger partial charge in [0.05, 0.1) is 0 Å². The van der Waals surface area contributed by atoms with E-state index in [-0.39, 0.29) is 0 Å². The molecule has 0 atom stereocenters. The molecule has 13 heavy (non-hydrogen) atoms. The van der Waals surface area contributed by atoms with Crippen LogP contribution in [0.5, 0.6) is 0 Å². The summed E-state index contributed by atoms with van der Waals surface area (Å²) in [6.45, 7) is 4.05. The van der Waals surface area contributed by atoms with Gasteiger partial charge in [-0.1, -0.05) is 0 Å². The Morgan fingerprint density at radius 1 is 0.923 bits per heavy atom. The SMILES string of the molecule is CC=C[CH2][Sn]([CH2]C=CC)([O]C)[O]C. The number of allylic oxidation sites excluding steroid dienone is 4. The fourth-order valence-corrected chi connectivity index (χ4v) is 7.34. The number of hydrogen-bond donors (Lipinski definition) is 0. The van der Waals surface area contributed by atoms with Crippen LogP contribution in [0.15, 0.2) is 24.3 Å². The van der Waals surface area contributed by atoms with Gasteiger partial charge in [-0.05, 0) is 0 Å². The molecule has 0 fully saturated rings. The van der Waals surface area contributed by atoms with E-state index < -0.39 is 19.2 Å². The fraction of sp³-hybridized carbons (Fsp3) is 0.600. The molecular formula is C10H20O2Sn. The summed E-state index contributed by atoms with van der Waals surface area (Å²) < 4.78 is 13.1. The Morgan fingerprint density at radius 3 is 1.54 bits per heavy atom. The number of rotatable bonds is 6. The first-order valence-corrected chi connectivity index (χ1v) is 10.9. The molecule has 0 aliphatic rings. The summed E-state index contributed by atoms with van der Waals surface area (Å²) in [4.78, 5) is 0. The van der Waals surface area contributed by atoms with Crippen molar-refractivity contribution in [2.75, 3.05) is 14.2 Å². The second-order valence-corrected chi connectivity index (χ2v) is 12.7. The van der Waals surface area contributed by atoms with Crippen LogP contribution >= 0.6 is 0 Å². The predicted octanol–water partition coefficient (Wildman–Crippen LogP) is 2.87. The van der Waals surface area contributed by atoms with Crippen molar-refractivity contribution in [3.63, 3.8) is 0 Å². The van der Waals surface area contributed by atoms with Gasteiger partial charge in [0, 0.05) is 0 Å². The molecule has 0 spiro atoms. The summed E-state index contributed by atoms with van der Waals surface area (Å²) in [6, 6.07) is 0. The Kier molecular flexibility index (Phi) is 7.70. The Hall–Kier alpha value is 0.199. The topological polar surface area (TPSA) is 18.5 Å². The van der Waals surface area contributed by atoms with Crippen LogP contribution in [0.3, 0.4) is 0 Å². The van der Waals surface area contributed by atoms with Crippen LogP contribution in [0, 0.1) is 0 Å².